The van der Waals surface area contributed by atoms with Crippen LogP contribution in [0.1, 0.15) is 17.3 Å². The predicted octanol–water partition coefficient (Wildman–Crippen LogP) is 0.117. The van der Waals surface area contributed by atoms with Gasteiger partial charge in [0.25, 0.3) is 5.91 Å². The van der Waals surface area contributed by atoms with Gasteiger partial charge < -0.3 is 10.7 Å². The van der Waals surface area contributed by atoms with E-state index in [0.717, 1.165) is 0 Å². The molecule has 0 saturated carbocycles. The number of carbonyl (C=O) groups excluding carboxylic acids is 1. The van der Waals surface area contributed by atoms with Gasteiger partial charge in [-0.25, -0.2) is 10.8 Å². The van der Waals surface area contributed by atoms with E-state index in [1.54, 1.807) is 12.1 Å². The summed E-state index contributed by atoms with van der Waals surface area (Å²) in [4.78, 5) is 15.2. The van der Waals surface area contributed by atoms with E-state index in [1.165, 1.54) is 6.20 Å². The number of aromatic nitrogens is 1. The first kappa shape index (κ1) is 9.47. The van der Waals surface area contributed by atoms with Gasteiger partial charge in [0, 0.05) is 18.3 Å². The molecule has 4 N–H and O–H groups in total. The van der Waals surface area contributed by atoms with Gasteiger partial charge in [-0.1, -0.05) is 0 Å². The minimum atomic E-state index is -0.124. The summed E-state index contributed by atoms with van der Waals surface area (Å²) in [6.07, 6.45) is 1.53. The number of nitrogens with two attached hydrogens (primary N) is 1. The van der Waals surface area contributed by atoms with Gasteiger partial charge in [0.05, 0.1) is 0 Å². The highest BCUT2D eigenvalue weighted by atomic mass is 16.1. The van der Waals surface area contributed by atoms with E-state index in [9.17, 15) is 4.79 Å². The Labute approximate surface area is 76.3 Å². The van der Waals surface area contributed by atoms with E-state index in [4.69, 9.17) is 5.84 Å². The number of nitrogens with one attached hydrogen (secondary N) is 2. The number of amides is 1. The fraction of sp³-hybridized carbons (Fsp3) is 0.250. The van der Waals surface area contributed by atoms with Crippen molar-refractivity contribution < 1.29 is 4.79 Å². The van der Waals surface area contributed by atoms with Gasteiger partial charge in [-0.05, 0) is 19.1 Å². The average molecular weight is 180 g/mol. The summed E-state index contributed by atoms with van der Waals surface area (Å²) in [5, 5.41) is 2.68. The highest BCUT2D eigenvalue weighted by molar-refractivity contribution is 5.94. The molecular weight excluding hydrogens is 168 g/mol. The standard InChI is InChI=1S/C8H12N4O/c1-2-10-8(13)6-3-4-11-7(5-6)12-9/h3-5H,2,9H2,1H3,(H,10,13)(H,11,12). The lowest BCUT2D eigenvalue weighted by Crippen LogP contribution is -2.23. The van der Waals surface area contributed by atoms with Crippen molar-refractivity contribution in [2.24, 2.45) is 5.84 Å². The third-order valence-electron chi connectivity index (χ3n) is 1.51. The molecule has 1 amide bonds. The quantitative estimate of drug-likeness (QED) is 0.456. The topological polar surface area (TPSA) is 80.0 Å². The molecule has 1 rings (SSSR count). The zero-order chi connectivity index (χ0) is 9.68. The molecule has 0 unspecified atom stereocenters. The maximum absolute atomic E-state index is 11.3. The lowest BCUT2D eigenvalue weighted by atomic mass is 10.2. The van der Waals surface area contributed by atoms with Crippen LogP contribution in [0, 0.1) is 0 Å². The molecule has 1 heterocycles. The van der Waals surface area contributed by atoms with Crippen LogP contribution in [0.15, 0.2) is 18.3 Å². The number of pyridine rings is 1. The van der Waals surface area contributed by atoms with E-state index in [-0.39, 0.29) is 5.91 Å². The number of nitrogens with zero attached hydrogens (tertiary/aromatic N) is 1. The molecule has 0 radical (unpaired) electrons. The summed E-state index contributed by atoms with van der Waals surface area (Å²) in [6, 6.07) is 3.22. The molecule has 1 aromatic heterocycles. The van der Waals surface area contributed by atoms with Crippen molar-refractivity contribution in [2.45, 2.75) is 6.92 Å². The third-order valence-corrected chi connectivity index (χ3v) is 1.51. The van der Waals surface area contributed by atoms with Crippen molar-refractivity contribution in [2.75, 3.05) is 12.0 Å². The Balaban J connectivity index is 2.82. The predicted molar refractivity (Wildman–Crippen MR) is 50.1 cm³/mol. The van der Waals surface area contributed by atoms with E-state index < -0.39 is 0 Å². The highest BCUT2D eigenvalue weighted by Gasteiger charge is 2.03. The summed E-state index contributed by atoms with van der Waals surface area (Å²) in [7, 11) is 0. The van der Waals surface area contributed by atoms with Crippen LogP contribution < -0.4 is 16.6 Å². The summed E-state index contributed by atoms with van der Waals surface area (Å²) >= 11 is 0. The van der Waals surface area contributed by atoms with Crippen LogP contribution in [0.25, 0.3) is 0 Å². The van der Waals surface area contributed by atoms with Crippen LogP contribution in [-0.4, -0.2) is 17.4 Å². The van der Waals surface area contributed by atoms with Gasteiger partial charge in [0.2, 0.25) is 0 Å². The van der Waals surface area contributed by atoms with Crippen LogP contribution >= 0.6 is 0 Å². The largest absolute Gasteiger partial charge is 0.352 e. The van der Waals surface area contributed by atoms with Gasteiger partial charge in [0.1, 0.15) is 5.82 Å². The number of nitrogen functional groups attached to an aromatic ring is 1. The van der Waals surface area contributed by atoms with Crippen LogP contribution in [0.5, 0.6) is 0 Å². The van der Waals surface area contributed by atoms with E-state index in [1.807, 2.05) is 6.92 Å². The molecule has 1 aromatic rings. The van der Waals surface area contributed by atoms with Crippen molar-refractivity contribution in [3.05, 3.63) is 23.9 Å². The van der Waals surface area contributed by atoms with Crippen LogP contribution in [-0.2, 0) is 0 Å². The smallest absolute Gasteiger partial charge is 0.251 e. The molecule has 13 heavy (non-hydrogen) atoms. The van der Waals surface area contributed by atoms with E-state index in [0.29, 0.717) is 17.9 Å². The molecule has 0 saturated heterocycles. The molecule has 0 spiro atoms. The Morgan fingerprint density at radius 2 is 2.46 bits per heavy atom. The van der Waals surface area contributed by atoms with Gasteiger partial charge >= 0.3 is 0 Å². The Hall–Kier alpha value is -1.62. The van der Waals surface area contributed by atoms with Crippen LogP contribution in [0.2, 0.25) is 0 Å². The van der Waals surface area contributed by atoms with E-state index in [2.05, 4.69) is 15.7 Å². The molecule has 0 aliphatic heterocycles. The molecule has 5 nitrogen and oxygen atoms in total. The van der Waals surface area contributed by atoms with Crippen molar-refractivity contribution in [3.8, 4) is 0 Å². The molecule has 0 bridgehead atoms. The number of hydrogen-bond acceptors (Lipinski definition) is 4. The summed E-state index contributed by atoms with van der Waals surface area (Å²) < 4.78 is 0. The molecule has 0 aromatic carbocycles. The molecule has 70 valence electrons. The summed E-state index contributed by atoms with van der Waals surface area (Å²) in [5.41, 5.74) is 2.92. The SMILES string of the molecule is CCNC(=O)c1ccnc(NN)c1. The monoisotopic (exact) mass is 180 g/mol. The Morgan fingerprint density at radius 1 is 1.69 bits per heavy atom. The second-order valence-electron chi connectivity index (χ2n) is 2.43. The summed E-state index contributed by atoms with van der Waals surface area (Å²) in [5.74, 6) is 5.50. The van der Waals surface area contributed by atoms with Crippen LogP contribution in [0.3, 0.4) is 0 Å². The van der Waals surface area contributed by atoms with Crippen molar-refractivity contribution in [3.63, 3.8) is 0 Å². The Bertz CT molecular complexity index is 300. The normalized spacial score (nSPS) is 9.38. The number of rotatable bonds is 3. The zero-order valence-corrected chi connectivity index (χ0v) is 7.37. The molecular formula is C8H12N4O. The molecule has 0 atom stereocenters. The van der Waals surface area contributed by atoms with Gasteiger partial charge in [0.15, 0.2) is 0 Å². The van der Waals surface area contributed by atoms with Gasteiger partial charge in [-0.3, -0.25) is 4.79 Å². The number of carbonyl (C=O) groups is 1. The lowest BCUT2D eigenvalue weighted by Gasteiger charge is -2.03. The number of hydrogen-bond donors (Lipinski definition) is 3. The fourth-order valence-electron chi connectivity index (χ4n) is 0.913. The lowest BCUT2D eigenvalue weighted by molar-refractivity contribution is 0.0956. The molecule has 0 aliphatic rings. The highest BCUT2D eigenvalue weighted by Crippen LogP contribution is 2.04. The second-order valence-corrected chi connectivity index (χ2v) is 2.43. The van der Waals surface area contributed by atoms with Crippen LogP contribution in [0.4, 0.5) is 5.82 Å². The van der Waals surface area contributed by atoms with Gasteiger partial charge in [-0.15, -0.1) is 0 Å². The van der Waals surface area contributed by atoms with Crippen molar-refractivity contribution >= 4 is 11.7 Å². The first-order valence-electron chi connectivity index (χ1n) is 3.98. The number of hydrazine groups is 1. The zero-order valence-electron chi connectivity index (χ0n) is 7.37. The fourth-order valence-corrected chi connectivity index (χ4v) is 0.913. The Morgan fingerprint density at radius 3 is 3.08 bits per heavy atom. The molecule has 0 fully saturated rings. The Kier molecular flexibility index (Phi) is 3.22. The molecule has 5 heteroatoms. The van der Waals surface area contributed by atoms with Crippen molar-refractivity contribution in [1.82, 2.24) is 10.3 Å². The maximum atomic E-state index is 11.3. The second kappa shape index (κ2) is 4.42. The first-order valence-corrected chi connectivity index (χ1v) is 3.98. The average Bonchev–Trinajstić information content (AvgIpc) is 2.18. The number of anilines is 1. The third kappa shape index (κ3) is 2.41. The summed E-state index contributed by atoms with van der Waals surface area (Å²) in [6.45, 7) is 2.47. The van der Waals surface area contributed by atoms with E-state index >= 15 is 0 Å². The van der Waals surface area contributed by atoms with Crippen molar-refractivity contribution in [1.29, 1.82) is 0 Å². The maximum Gasteiger partial charge on any atom is 0.251 e. The minimum absolute atomic E-state index is 0.124. The van der Waals surface area contributed by atoms with Gasteiger partial charge in [-0.2, -0.15) is 0 Å². The molecule has 0 aliphatic carbocycles. The first-order chi connectivity index (χ1) is 6.27. The minimum Gasteiger partial charge on any atom is -0.352 e.